The molecule has 0 bridgehead atoms. The molecule has 1 heterocycles. The minimum atomic E-state index is -0.0183. The van der Waals surface area contributed by atoms with Crippen LogP contribution < -0.4 is 5.32 Å². The minimum absolute atomic E-state index is 0.0183. The second-order valence-electron chi connectivity index (χ2n) is 5.07. The first kappa shape index (κ1) is 14.7. The smallest absolute Gasteiger partial charge is 0.136 e. The lowest BCUT2D eigenvalue weighted by Gasteiger charge is -2.39. The molecule has 4 heteroatoms. The van der Waals surface area contributed by atoms with Gasteiger partial charge in [-0.2, -0.15) is 0 Å². The zero-order chi connectivity index (χ0) is 13.1. The van der Waals surface area contributed by atoms with E-state index in [1.807, 2.05) is 6.07 Å². The molecule has 1 aromatic heterocycles. The van der Waals surface area contributed by atoms with Gasteiger partial charge in [0.05, 0.1) is 16.8 Å². The predicted octanol–water partition coefficient (Wildman–Crippen LogP) is 3.42. The van der Waals surface area contributed by atoms with E-state index in [2.05, 4.69) is 61.0 Å². The highest BCUT2D eigenvalue weighted by atomic mass is 79.9. The average molecular weight is 303 g/mol. The molecule has 17 heavy (non-hydrogen) atoms. The first-order valence-electron chi connectivity index (χ1n) is 6.05. The van der Waals surface area contributed by atoms with E-state index in [1.54, 1.807) is 6.26 Å². The lowest BCUT2D eigenvalue weighted by molar-refractivity contribution is 0.124. The number of halogens is 1. The van der Waals surface area contributed by atoms with Crippen LogP contribution in [0.2, 0.25) is 0 Å². The van der Waals surface area contributed by atoms with E-state index in [-0.39, 0.29) is 11.6 Å². The van der Waals surface area contributed by atoms with Gasteiger partial charge in [-0.25, -0.2) is 0 Å². The molecule has 0 amide bonds. The quantitative estimate of drug-likeness (QED) is 0.873. The molecule has 1 N–H and O–H groups in total. The zero-order valence-corrected chi connectivity index (χ0v) is 13.0. The van der Waals surface area contributed by atoms with Crippen LogP contribution in [0.5, 0.6) is 0 Å². The topological polar surface area (TPSA) is 28.4 Å². The number of furan rings is 1. The van der Waals surface area contributed by atoms with Gasteiger partial charge in [0.1, 0.15) is 5.76 Å². The first-order chi connectivity index (χ1) is 7.91. The SMILES string of the molecule is CCCNC(c1occc1Br)C(C)(C)N(C)C. The Kier molecular flexibility index (Phi) is 5.22. The van der Waals surface area contributed by atoms with Crippen molar-refractivity contribution >= 4 is 15.9 Å². The Labute approximate surface area is 113 Å². The van der Waals surface area contributed by atoms with Crippen molar-refractivity contribution in [1.82, 2.24) is 10.2 Å². The Bertz CT molecular complexity index is 347. The van der Waals surface area contributed by atoms with Crippen molar-refractivity contribution in [3.63, 3.8) is 0 Å². The molecular formula is C13H23BrN2O. The lowest BCUT2D eigenvalue weighted by atomic mass is 9.91. The number of nitrogens with one attached hydrogen (secondary N) is 1. The summed E-state index contributed by atoms with van der Waals surface area (Å²) in [6, 6.07) is 2.11. The minimum Gasteiger partial charge on any atom is -0.466 e. The summed E-state index contributed by atoms with van der Waals surface area (Å²) in [4.78, 5) is 2.22. The summed E-state index contributed by atoms with van der Waals surface area (Å²) in [6.45, 7) is 7.59. The molecule has 0 aromatic carbocycles. The van der Waals surface area contributed by atoms with E-state index >= 15 is 0 Å². The Hall–Kier alpha value is -0.320. The second-order valence-corrected chi connectivity index (χ2v) is 5.92. The van der Waals surface area contributed by atoms with Crippen LogP contribution in [0.1, 0.15) is 39.0 Å². The van der Waals surface area contributed by atoms with E-state index in [0.717, 1.165) is 23.2 Å². The molecule has 3 nitrogen and oxygen atoms in total. The largest absolute Gasteiger partial charge is 0.466 e. The Morgan fingerprint density at radius 1 is 1.47 bits per heavy atom. The summed E-state index contributed by atoms with van der Waals surface area (Å²) in [7, 11) is 4.19. The molecule has 0 aliphatic heterocycles. The Morgan fingerprint density at radius 2 is 2.12 bits per heavy atom. The van der Waals surface area contributed by atoms with Crippen molar-refractivity contribution < 1.29 is 4.42 Å². The molecule has 0 radical (unpaired) electrons. The number of likely N-dealkylation sites (N-methyl/N-ethyl adjacent to an activating group) is 1. The van der Waals surface area contributed by atoms with Crippen LogP contribution in [0.25, 0.3) is 0 Å². The summed E-state index contributed by atoms with van der Waals surface area (Å²) in [5, 5.41) is 3.57. The zero-order valence-electron chi connectivity index (χ0n) is 11.4. The third-order valence-electron chi connectivity index (χ3n) is 3.36. The number of hydrogen-bond acceptors (Lipinski definition) is 3. The molecule has 1 aromatic rings. The number of rotatable bonds is 6. The van der Waals surface area contributed by atoms with Gasteiger partial charge >= 0.3 is 0 Å². The van der Waals surface area contributed by atoms with Crippen molar-refractivity contribution in [2.45, 2.75) is 38.8 Å². The van der Waals surface area contributed by atoms with Crippen molar-refractivity contribution in [2.75, 3.05) is 20.6 Å². The van der Waals surface area contributed by atoms with Gasteiger partial charge in [0.2, 0.25) is 0 Å². The monoisotopic (exact) mass is 302 g/mol. The molecule has 0 aliphatic rings. The molecule has 0 spiro atoms. The van der Waals surface area contributed by atoms with Crippen molar-refractivity contribution in [2.24, 2.45) is 0 Å². The standard InChI is InChI=1S/C13H23BrN2O/c1-6-8-15-12(13(2,3)16(4)5)11-10(14)7-9-17-11/h7,9,12,15H,6,8H2,1-5H3. The molecule has 1 rings (SSSR count). The first-order valence-corrected chi connectivity index (χ1v) is 6.84. The molecular weight excluding hydrogens is 280 g/mol. The summed E-state index contributed by atoms with van der Waals surface area (Å²) in [5.74, 6) is 0.970. The highest BCUT2D eigenvalue weighted by Crippen LogP contribution is 2.34. The molecule has 0 saturated carbocycles. The van der Waals surface area contributed by atoms with Gasteiger partial charge < -0.3 is 14.6 Å². The van der Waals surface area contributed by atoms with Gasteiger partial charge in [0.25, 0.3) is 0 Å². The van der Waals surface area contributed by atoms with Crippen LogP contribution in [0.15, 0.2) is 21.2 Å². The van der Waals surface area contributed by atoms with E-state index < -0.39 is 0 Å². The van der Waals surface area contributed by atoms with Crippen LogP contribution in [0, 0.1) is 0 Å². The van der Waals surface area contributed by atoms with Gasteiger partial charge in [0, 0.05) is 5.54 Å². The van der Waals surface area contributed by atoms with E-state index in [9.17, 15) is 0 Å². The maximum Gasteiger partial charge on any atom is 0.136 e. The van der Waals surface area contributed by atoms with Gasteiger partial charge in [-0.15, -0.1) is 0 Å². The summed E-state index contributed by atoms with van der Waals surface area (Å²) >= 11 is 3.55. The molecule has 1 atom stereocenters. The normalized spacial score (nSPS) is 14.3. The summed E-state index contributed by atoms with van der Waals surface area (Å²) < 4.78 is 6.65. The molecule has 0 fully saturated rings. The van der Waals surface area contributed by atoms with Crippen molar-refractivity contribution in [1.29, 1.82) is 0 Å². The van der Waals surface area contributed by atoms with Crippen LogP contribution in [-0.4, -0.2) is 31.1 Å². The third kappa shape index (κ3) is 3.33. The Balaban J connectivity index is 3.00. The van der Waals surface area contributed by atoms with Crippen molar-refractivity contribution in [3.05, 3.63) is 22.6 Å². The summed E-state index contributed by atoms with van der Waals surface area (Å²) in [6.07, 6.45) is 2.84. The van der Waals surface area contributed by atoms with Crippen LogP contribution >= 0.6 is 15.9 Å². The average Bonchev–Trinajstić information content (AvgIpc) is 2.65. The molecule has 98 valence electrons. The van der Waals surface area contributed by atoms with Crippen LogP contribution in [0.4, 0.5) is 0 Å². The van der Waals surface area contributed by atoms with E-state index in [0.29, 0.717) is 0 Å². The number of nitrogens with zero attached hydrogens (tertiary/aromatic N) is 1. The maximum absolute atomic E-state index is 5.62. The van der Waals surface area contributed by atoms with Gasteiger partial charge in [-0.05, 0) is 62.9 Å². The van der Waals surface area contributed by atoms with Gasteiger partial charge in [-0.1, -0.05) is 6.92 Å². The summed E-state index contributed by atoms with van der Waals surface area (Å²) in [5.41, 5.74) is -0.0183. The van der Waals surface area contributed by atoms with Gasteiger partial charge in [-0.3, -0.25) is 0 Å². The van der Waals surface area contributed by atoms with Crippen LogP contribution in [-0.2, 0) is 0 Å². The molecule has 0 saturated heterocycles. The fraction of sp³-hybridized carbons (Fsp3) is 0.692. The maximum atomic E-state index is 5.62. The highest BCUT2D eigenvalue weighted by Gasteiger charge is 2.35. The van der Waals surface area contributed by atoms with E-state index in [1.165, 1.54) is 0 Å². The van der Waals surface area contributed by atoms with Crippen molar-refractivity contribution in [3.8, 4) is 0 Å². The Morgan fingerprint density at radius 3 is 2.53 bits per heavy atom. The fourth-order valence-electron chi connectivity index (χ4n) is 1.72. The fourth-order valence-corrected chi connectivity index (χ4v) is 2.15. The molecule has 0 aliphatic carbocycles. The highest BCUT2D eigenvalue weighted by molar-refractivity contribution is 9.10. The lowest BCUT2D eigenvalue weighted by Crippen LogP contribution is -2.49. The van der Waals surface area contributed by atoms with E-state index in [4.69, 9.17) is 4.42 Å². The third-order valence-corrected chi connectivity index (χ3v) is 4.02. The second kappa shape index (κ2) is 6.03. The van der Waals surface area contributed by atoms with Gasteiger partial charge in [0.15, 0.2) is 0 Å². The van der Waals surface area contributed by atoms with Crippen LogP contribution in [0.3, 0.4) is 0 Å². The number of hydrogen-bond donors (Lipinski definition) is 1. The molecule has 1 unspecified atom stereocenters. The predicted molar refractivity (Wildman–Crippen MR) is 75.2 cm³/mol.